The highest BCUT2D eigenvalue weighted by atomic mass is 32.2. The molecule has 3 heterocycles. The number of ether oxygens (including phenoxy) is 1. The van der Waals surface area contributed by atoms with Gasteiger partial charge in [0.05, 0.1) is 23.9 Å². The predicted molar refractivity (Wildman–Crippen MR) is 69.5 cm³/mol. The highest BCUT2D eigenvalue weighted by molar-refractivity contribution is 7.99. The molecule has 1 aromatic heterocycles. The maximum atomic E-state index is 6.07. The van der Waals surface area contributed by atoms with E-state index in [1.807, 2.05) is 18.7 Å². The van der Waals surface area contributed by atoms with E-state index in [-0.39, 0.29) is 11.5 Å². The van der Waals surface area contributed by atoms with Gasteiger partial charge >= 0.3 is 0 Å². The van der Waals surface area contributed by atoms with E-state index in [1.165, 1.54) is 18.6 Å². The molecule has 6 heteroatoms. The van der Waals surface area contributed by atoms with Gasteiger partial charge in [0, 0.05) is 6.04 Å². The minimum absolute atomic E-state index is 0.0650. The van der Waals surface area contributed by atoms with Crippen molar-refractivity contribution in [3.8, 4) is 0 Å². The lowest BCUT2D eigenvalue weighted by Crippen LogP contribution is -2.42. The van der Waals surface area contributed by atoms with Gasteiger partial charge in [0.25, 0.3) is 0 Å². The van der Waals surface area contributed by atoms with Gasteiger partial charge in [-0.05, 0) is 25.5 Å². The third kappa shape index (κ3) is 2.06. The third-order valence-electron chi connectivity index (χ3n) is 3.92. The fraction of sp³-hybridized carbons (Fsp3) is 0.833. The molecule has 2 saturated heterocycles. The predicted octanol–water partition coefficient (Wildman–Crippen LogP) is 1.64. The second-order valence-corrected chi connectivity index (χ2v) is 6.66. The molecule has 0 aliphatic carbocycles. The Hall–Kier alpha value is -0.590. The van der Waals surface area contributed by atoms with Crippen LogP contribution in [0.1, 0.15) is 43.2 Å². The van der Waals surface area contributed by atoms with Gasteiger partial charge in [-0.15, -0.1) is 0 Å². The number of nitrogens with two attached hydrogens (primary N) is 1. The average Bonchev–Trinajstić information content (AvgIpc) is 3.00. The van der Waals surface area contributed by atoms with Crippen LogP contribution >= 0.6 is 11.8 Å². The molecule has 3 rings (SSSR count). The molecular weight excluding hydrogens is 250 g/mol. The Morgan fingerprint density at radius 3 is 3.00 bits per heavy atom. The summed E-state index contributed by atoms with van der Waals surface area (Å²) in [7, 11) is 0. The van der Waals surface area contributed by atoms with Gasteiger partial charge in [0.1, 0.15) is 0 Å². The zero-order valence-electron chi connectivity index (χ0n) is 10.6. The van der Waals surface area contributed by atoms with Crippen molar-refractivity contribution in [1.82, 2.24) is 10.1 Å². The second kappa shape index (κ2) is 4.83. The molecule has 2 N–H and O–H groups in total. The molecule has 3 atom stereocenters. The lowest BCUT2D eigenvalue weighted by atomic mass is 9.86. The number of hydrogen-bond acceptors (Lipinski definition) is 6. The smallest absolute Gasteiger partial charge is 0.236 e. The average molecular weight is 269 g/mol. The molecule has 0 radical (unpaired) electrons. The maximum absolute atomic E-state index is 6.07. The molecule has 2 aliphatic rings. The van der Waals surface area contributed by atoms with E-state index in [0.717, 1.165) is 12.2 Å². The van der Waals surface area contributed by atoms with E-state index in [4.69, 9.17) is 15.0 Å². The van der Waals surface area contributed by atoms with E-state index in [1.54, 1.807) is 0 Å². The molecule has 0 spiro atoms. The summed E-state index contributed by atoms with van der Waals surface area (Å²) in [5.41, 5.74) is 5.75. The summed E-state index contributed by atoms with van der Waals surface area (Å²) in [5, 5.41) is 4.53. The highest BCUT2D eigenvalue weighted by Gasteiger charge is 2.44. The molecular formula is C12H19N3O2S. The summed E-state index contributed by atoms with van der Waals surface area (Å²) in [4.78, 5) is 4.58. The summed E-state index contributed by atoms with van der Waals surface area (Å²) in [6.45, 7) is 3.16. The monoisotopic (exact) mass is 269 g/mol. The zero-order valence-corrected chi connectivity index (χ0v) is 11.4. The summed E-state index contributed by atoms with van der Waals surface area (Å²) in [6, 6.07) is -0.0650. The number of nitrogens with zero attached hydrogens (tertiary/aromatic N) is 2. The maximum Gasteiger partial charge on any atom is 0.236 e. The lowest BCUT2D eigenvalue weighted by Gasteiger charge is -2.21. The molecule has 0 bridgehead atoms. The van der Waals surface area contributed by atoms with E-state index in [2.05, 4.69) is 10.1 Å². The van der Waals surface area contributed by atoms with E-state index < -0.39 is 0 Å². The first kappa shape index (κ1) is 12.4. The first-order valence-corrected chi connectivity index (χ1v) is 7.54. The Labute approximate surface area is 111 Å². The normalized spacial score (nSPS) is 37.0. The van der Waals surface area contributed by atoms with Crippen LogP contribution in [0.3, 0.4) is 0 Å². The lowest BCUT2D eigenvalue weighted by molar-refractivity contribution is 0.169. The van der Waals surface area contributed by atoms with Gasteiger partial charge in [-0.3, -0.25) is 0 Å². The van der Waals surface area contributed by atoms with Crippen LogP contribution in [-0.4, -0.2) is 35.1 Å². The Morgan fingerprint density at radius 2 is 2.33 bits per heavy atom. The summed E-state index contributed by atoms with van der Waals surface area (Å²) in [6.07, 6.45) is 3.69. The first-order chi connectivity index (χ1) is 8.70. The summed E-state index contributed by atoms with van der Waals surface area (Å²) in [5.74, 6) is 2.65. The van der Waals surface area contributed by atoms with Crippen molar-refractivity contribution in [1.29, 1.82) is 0 Å². The van der Waals surface area contributed by atoms with E-state index >= 15 is 0 Å². The highest BCUT2D eigenvalue weighted by Crippen LogP contribution is 2.38. The van der Waals surface area contributed by atoms with Crippen molar-refractivity contribution in [2.45, 2.75) is 42.9 Å². The van der Waals surface area contributed by atoms with Gasteiger partial charge in [-0.25, -0.2) is 0 Å². The minimum Gasteiger partial charge on any atom is -0.379 e. The molecule has 100 valence electrons. The Bertz CT molecular complexity index is 419. The van der Waals surface area contributed by atoms with Crippen molar-refractivity contribution < 1.29 is 9.26 Å². The number of rotatable bonds is 2. The number of thioether (sulfide) groups is 1. The van der Waals surface area contributed by atoms with Crippen LogP contribution in [0, 0.1) is 0 Å². The van der Waals surface area contributed by atoms with Gasteiger partial charge in [-0.1, -0.05) is 11.6 Å². The first-order valence-electron chi connectivity index (χ1n) is 6.49. The van der Waals surface area contributed by atoms with Crippen molar-refractivity contribution in [2.24, 2.45) is 5.73 Å². The van der Waals surface area contributed by atoms with Crippen LogP contribution < -0.4 is 5.73 Å². The molecule has 18 heavy (non-hydrogen) atoms. The largest absolute Gasteiger partial charge is 0.379 e. The van der Waals surface area contributed by atoms with Crippen molar-refractivity contribution in [3.63, 3.8) is 0 Å². The quantitative estimate of drug-likeness (QED) is 0.880. The fourth-order valence-electron chi connectivity index (χ4n) is 2.45. The summed E-state index contributed by atoms with van der Waals surface area (Å²) < 4.78 is 10.9. The summed E-state index contributed by atoms with van der Waals surface area (Å²) >= 11 is 1.92. The van der Waals surface area contributed by atoms with Gasteiger partial charge < -0.3 is 15.0 Å². The number of aromatic nitrogens is 2. The van der Waals surface area contributed by atoms with Crippen molar-refractivity contribution >= 4 is 11.8 Å². The molecule has 1 aromatic rings. The van der Waals surface area contributed by atoms with Crippen LogP contribution in [-0.2, 0) is 10.2 Å². The molecule has 2 fully saturated rings. The third-order valence-corrected chi connectivity index (χ3v) is 5.29. The molecule has 0 saturated carbocycles. The Balaban J connectivity index is 1.80. The molecule has 5 nitrogen and oxygen atoms in total. The van der Waals surface area contributed by atoms with Crippen LogP contribution in [0.4, 0.5) is 0 Å². The fourth-order valence-corrected chi connectivity index (χ4v) is 3.68. The molecule has 2 aliphatic heterocycles. The number of hydrogen-bond donors (Lipinski definition) is 1. The molecule has 0 amide bonds. The van der Waals surface area contributed by atoms with Gasteiger partial charge in [-0.2, -0.15) is 16.7 Å². The zero-order chi connectivity index (χ0) is 12.6. The Morgan fingerprint density at radius 1 is 1.44 bits per heavy atom. The minimum atomic E-state index is -0.329. The van der Waals surface area contributed by atoms with Crippen molar-refractivity contribution in [2.75, 3.05) is 19.0 Å². The van der Waals surface area contributed by atoms with E-state index in [9.17, 15) is 0 Å². The van der Waals surface area contributed by atoms with Gasteiger partial charge in [0.15, 0.2) is 5.82 Å². The molecule has 0 aromatic carbocycles. The standard InChI is InChI=1S/C12H19N3O2S/c1-12(7-16-6-9(12)13)11-14-10(15-17-11)8-4-2-3-5-18-8/h8-9H,2-7,13H2,1H3. The van der Waals surface area contributed by atoms with Crippen LogP contribution in [0.5, 0.6) is 0 Å². The van der Waals surface area contributed by atoms with Crippen LogP contribution in [0.15, 0.2) is 4.52 Å². The van der Waals surface area contributed by atoms with Crippen LogP contribution in [0.25, 0.3) is 0 Å². The molecule has 3 unspecified atom stereocenters. The Kier molecular flexibility index (Phi) is 3.34. The topological polar surface area (TPSA) is 74.2 Å². The van der Waals surface area contributed by atoms with E-state index in [0.29, 0.717) is 24.4 Å². The van der Waals surface area contributed by atoms with Gasteiger partial charge in [0.2, 0.25) is 5.89 Å². The van der Waals surface area contributed by atoms with Crippen molar-refractivity contribution in [3.05, 3.63) is 11.7 Å². The van der Waals surface area contributed by atoms with Crippen LogP contribution in [0.2, 0.25) is 0 Å². The second-order valence-electron chi connectivity index (χ2n) is 5.35. The SMILES string of the molecule is CC1(c2nc(C3CCCCS3)no2)COCC1N.